The van der Waals surface area contributed by atoms with Gasteiger partial charge in [0.2, 0.25) is 0 Å². The van der Waals surface area contributed by atoms with Gasteiger partial charge < -0.3 is 4.57 Å². The molecule has 2 heteroatoms. The third kappa shape index (κ3) is 1.38. The van der Waals surface area contributed by atoms with Crippen molar-refractivity contribution in [2.45, 2.75) is 18.9 Å². The topological polar surface area (TPSA) is 22.0 Å². The normalized spacial score (nSPS) is 18.4. The molecule has 0 saturated carbocycles. The molecule has 1 atom stereocenters. The van der Waals surface area contributed by atoms with E-state index in [1.54, 1.807) is 12.1 Å². The molecule has 0 bridgehead atoms. The van der Waals surface area contributed by atoms with Gasteiger partial charge in [0.05, 0.1) is 6.04 Å². The minimum absolute atomic E-state index is 0.0872. The van der Waals surface area contributed by atoms with Crippen LogP contribution in [0.4, 0.5) is 0 Å². The third-order valence-corrected chi connectivity index (χ3v) is 3.29. The molecule has 3 rings (SSSR count). The van der Waals surface area contributed by atoms with Crippen molar-refractivity contribution in [2.24, 2.45) is 0 Å². The van der Waals surface area contributed by atoms with E-state index in [0.29, 0.717) is 0 Å². The predicted molar refractivity (Wildman–Crippen MR) is 63.6 cm³/mol. The van der Waals surface area contributed by atoms with Gasteiger partial charge in [0, 0.05) is 12.3 Å². The van der Waals surface area contributed by atoms with E-state index < -0.39 is 0 Å². The van der Waals surface area contributed by atoms with Crippen molar-refractivity contribution in [3.63, 3.8) is 0 Å². The molecule has 0 fully saturated rings. The quantitative estimate of drug-likeness (QED) is 0.710. The molecule has 1 aliphatic rings. The monoisotopic (exact) mass is 211 g/mol. The molecule has 1 aromatic carbocycles. The van der Waals surface area contributed by atoms with Crippen molar-refractivity contribution in [1.29, 1.82) is 0 Å². The average molecular weight is 211 g/mol. The predicted octanol–water partition coefficient (Wildman–Crippen LogP) is 2.38. The summed E-state index contributed by atoms with van der Waals surface area (Å²) < 4.78 is 1.84. The fraction of sp³-hybridized carbons (Fsp3) is 0.214. The summed E-state index contributed by atoms with van der Waals surface area (Å²) in [6, 6.07) is 14.0. The van der Waals surface area contributed by atoms with Crippen molar-refractivity contribution in [3.8, 4) is 0 Å². The van der Waals surface area contributed by atoms with E-state index in [1.807, 2.05) is 22.9 Å². The van der Waals surface area contributed by atoms with Gasteiger partial charge in [-0.2, -0.15) is 0 Å². The van der Waals surface area contributed by atoms with Crippen LogP contribution in [0.5, 0.6) is 0 Å². The van der Waals surface area contributed by atoms with E-state index in [-0.39, 0.29) is 11.6 Å². The lowest BCUT2D eigenvalue weighted by Crippen LogP contribution is -2.22. The highest BCUT2D eigenvalue weighted by atomic mass is 16.1. The molecule has 0 aliphatic heterocycles. The Morgan fingerprint density at radius 2 is 1.88 bits per heavy atom. The van der Waals surface area contributed by atoms with Crippen LogP contribution in [0.1, 0.15) is 23.6 Å². The molecule has 0 spiro atoms. The summed E-state index contributed by atoms with van der Waals surface area (Å²) in [5, 5.41) is 0. The molecule has 0 saturated heterocycles. The number of benzene rings is 1. The molecule has 2 nitrogen and oxygen atoms in total. The standard InChI is InChI=1S/C14H13NO/c16-14-7-3-4-10-15(14)13-9-8-11-5-1-2-6-12(11)13/h1-7,10,13H,8-9H2/t13-/m1/s1. The highest BCUT2D eigenvalue weighted by molar-refractivity contribution is 5.35. The molecule has 80 valence electrons. The van der Waals surface area contributed by atoms with Crippen molar-refractivity contribution in [1.82, 2.24) is 4.57 Å². The Kier molecular flexibility index (Phi) is 2.13. The van der Waals surface area contributed by atoms with Gasteiger partial charge >= 0.3 is 0 Å². The summed E-state index contributed by atoms with van der Waals surface area (Å²) in [4.78, 5) is 11.8. The zero-order valence-electron chi connectivity index (χ0n) is 8.97. The minimum Gasteiger partial charge on any atom is -0.308 e. The van der Waals surface area contributed by atoms with Gasteiger partial charge in [0.15, 0.2) is 0 Å². The van der Waals surface area contributed by atoms with E-state index in [4.69, 9.17) is 0 Å². The van der Waals surface area contributed by atoms with Gasteiger partial charge in [-0.15, -0.1) is 0 Å². The molecule has 0 unspecified atom stereocenters. The SMILES string of the molecule is O=c1ccccn1[C@@H]1CCc2ccccc21. The van der Waals surface area contributed by atoms with Crippen LogP contribution in [0.3, 0.4) is 0 Å². The van der Waals surface area contributed by atoms with Crippen LogP contribution >= 0.6 is 0 Å². The van der Waals surface area contributed by atoms with Crippen LogP contribution in [-0.4, -0.2) is 4.57 Å². The van der Waals surface area contributed by atoms with Crippen LogP contribution in [0, 0.1) is 0 Å². The van der Waals surface area contributed by atoms with Crippen LogP contribution in [-0.2, 0) is 6.42 Å². The lowest BCUT2D eigenvalue weighted by molar-refractivity contribution is 0.561. The first-order chi connectivity index (χ1) is 7.86. The van der Waals surface area contributed by atoms with Crippen molar-refractivity contribution in [3.05, 3.63) is 70.1 Å². The second kappa shape index (κ2) is 3.63. The molecular formula is C14H13NO. The Balaban J connectivity index is 2.12. The lowest BCUT2D eigenvalue weighted by Gasteiger charge is -2.14. The summed E-state index contributed by atoms with van der Waals surface area (Å²) in [5.41, 5.74) is 2.77. The number of fused-ring (bicyclic) bond motifs is 1. The van der Waals surface area contributed by atoms with Crippen molar-refractivity contribution in [2.75, 3.05) is 0 Å². The molecule has 16 heavy (non-hydrogen) atoms. The maximum atomic E-state index is 11.8. The number of pyridine rings is 1. The fourth-order valence-corrected chi connectivity index (χ4v) is 2.52. The van der Waals surface area contributed by atoms with Crippen molar-refractivity contribution >= 4 is 0 Å². The number of rotatable bonds is 1. The zero-order valence-corrected chi connectivity index (χ0v) is 8.97. The highest BCUT2D eigenvalue weighted by Crippen LogP contribution is 2.32. The van der Waals surface area contributed by atoms with E-state index in [1.165, 1.54) is 11.1 Å². The molecule has 1 aromatic heterocycles. The number of aryl methyl sites for hydroxylation is 1. The highest BCUT2D eigenvalue weighted by Gasteiger charge is 2.23. The van der Waals surface area contributed by atoms with Crippen molar-refractivity contribution < 1.29 is 0 Å². The minimum atomic E-state index is 0.0872. The summed E-state index contributed by atoms with van der Waals surface area (Å²) >= 11 is 0. The Morgan fingerprint density at radius 1 is 1.06 bits per heavy atom. The van der Waals surface area contributed by atoms with Crippen LogP contribution in [0.15, 0.2) is 53.5 Å². The number of nitrogens with zero attached hydrogens (tertiary/aromatic N) is 1. The van der Waals surface area contributed by atoms with Crippen LogP contribution in [0.25, 0.3) is 0 Å². The zero-order chi connectivity index (χ0) is 11.0. The maximum absolute atomic E-state index is 11.8. The van der Waals surface area contributed by atoms with Gasteiger partial charge in [-0.1, -0.05) is 30.3 Å². The van der Waals surface area contributed by atoms with E-state index in [9.17, 15) is 4.79 Å². The Hall–Kier alpha value is -1.83. The van der Waals surface area contributed by atoms with E-state index >= 15 is 0 Å². The summed E-state index contributed by atoms with van der Waals surface area (Å²) in [6.45, 7) is 0. The summed E-state index contributed by atoms with van der Waals surface area (Å²) in [7, 11) is 0. The molecule has 0 radical (unpaired) electrons. The number of hydrogen-bond acceptors (Lipinski definition) is 1. The smallest absolute Gasteiger partial charge is 0.251 e. The Bertz CT molecular complexity index is 571. The first-order valence-corrected chi connectivity index (χ1v) is 5.61. The number of aromatic nitrogens is 1. The molecule has 1 heterocycles. The molecular weight excluding hydrogens is 198 g/mol. The molecule has 0 amide bonds. The summed E-state index contributed by atoms with van der Waals surface area (Å²) in [5.74, 6) is 0. The van der Waals surface area contributed by atoms with Gasteiger partial charge in [-0.3, -0.25) is 4.79 Å². The molecule has 1 aliphatic carbocycles. The largest absolute Gasteiger partial charge is 0.308 e. The van der Waals surface area contributed by atoms with Gasteiger partial charge in [-0.05, 0) is 30.0 Å². The number of hydrogen-bond donors (Lipinski definition) is 0. The van der Waals surface area contributed by atoms with Gasteiger partial charge in [-0.25, -0.2) is 0 Å². The van der Waals surface area contributed by atoms with E-state index in [0.717, 1.165) is 12.8 Å². The second-order valence-corrected chi connectivity index (χ2v) is 4.20. The van der Waals surface area contributed by atoms with Crippen LogP contribution in [0.2, 0.25) is 0 Å². The average Bonchev–Trinajstić information content (AvgIpc) is 2.74. The Labute approximate surface area is 94.2 Å². The lowest BCUT2D eigenvalue weighted by atomic mass is 10.1. The maximum Gasteiger partial charge on any atom is 0.251 e. The Morgan fingerprint density at radius 3 is 2.75 bits per heavy atom. The fourth-order valence-electron chi connectivity index (χ4n) is 2.52. The van der Waals surface area contributed by atoms with E-state index in [2.05, 4.69) is 18.2 Å². The third-order valence-electron chi connectivity index (χ3n) is 3.29. The molecule has 2 aromatic rings. The van der Waals surface area contributed by atoms with Gasteiger partial charge in [0.25, 0.3) is 5.56 Å². The first kappa shape index (κ1) is 9.40. The van der Waals surface area contributed by atoms with Gasteiger partial charge in [0.1, 0.15) is 0 Å². The second-order valence-electron chi connectivity index (χ2n) is 4.20. The first-order valence-electron chi connectivity index (χ1n) is 5.61. The summed E-state index contributed by atoms with van der Waals surface area (Å²) in [6.07, 6.45) is 3.99. The molecule has 0 N–H and O–H groups in total. The van der Waals surface area contributed by atoms with Crippen LogP contribution < -0.4 is 5.56 Å².